The van der Waals surface area contributed by atoms with E-state index in [-0.39, 0.29) is 12.5 Å². The number of halogens is 1. The van der Waals surface area contributed by atoms with Crippen LogP contribution in [0.2, 0.25) is 0 Å². The van der Waals surface area contributed by atoms with Crippen molar-refractivity contribution in [3.05, 3.63) is 71.3 Å². The molecule has 0 saturated heterocycles. The molecule has 162 valence electrons. The first-order valence-electron chi connectivity index (χ1n) is 9.69. The van der Waals surface area contributed by atoms with Gasteiger partial charge in [0, 0.05) is 12.0 Å². The van der Waals surface area contributed by atoms with Crippen molar-refractivity contribution in [1.29, 1.82) is 0 Å². The highest BCUT2D eigenvalue weighted by molar-refractivity contribution is 5.95. The average molecular weight is 426 g/mol. The highest BCUT2D eigenvalue weighted by Crippen LogP contribution is 2.16. The summed E-state index contributed by atoms with van der Waals surface area (Å²) in [4.78, 5) is 25.2. The van der Waals surface area contributed by atoms with Gasteiger partial charge in [0.15, 0.2) is 0 Å². The Bertz CT molecular complexity index is 1050. The largest absolute Gasteiger partial charge is 0.491 e. The summed E-state index contributed by atoms with van der Waals surface area (Å²) in [6.45, 7) is 5.46. The number of hydrogen-bond acceptors (Lipinski definition) is 6. The molecule has 3 rings (SSSR count). The van der Waals surface area contributed by atoms with Crippen LogP contribution in [0.15, 0.2) is 48.5 Å². The lowest BCUT2D eigenvalue weighted by atomic mass is 10.1. The third-order valence-electron chi connectivity index (χ3n) is 4.36. The van der Waals surface area contributed by atoms with Gasteiger partial charge < -0.3 is 4.74 Å². The maximum atomic E-state index is 13.6. The monoisotopic (exact) mass is 426 g/mol. The standard InChI is InChI=1S/C21H23FN6O3/c1-13(2)31-18-9-7-16(8-10-18)20(29)24-25-21(30)19(28-14(3)23-26-27-28)12-15-5-4-6-17(22)11-15/h4-11,13,19H,12H2,1-3H3,(H,24,29)(H,25,30)/t19-/m1/s1. The quantitative estimate of drug-likeness (QED) is 0.560. The number of nitrogens with one attached hydrogen (secondary N) is 2. The smallest absolute Gasteiger partial charge is 0.269 e. The molecule has 0 saturated carbocycles. The molecule has 2 amide bonds. The Morgan fingerprint density at radius 3 is 2.48 bits per heavy atom. The Morgan fingerprint density at radius 2 is 1.87 bits per heavy atom. The molecule has 10 heteroatoms. The number of tetrazole rings is 1. The van der Waals surface area contributed by atoms with Gasteiger partial charge in [-0.05, 0) is 73.2 Å². The van der Waals surface area contributed by atoms with Gasteiger partial charge in [0.05, 0.1) is 6.10 Å². The fourth-order valence-corrected chi connectivity index (χ4v) is 2.93. The van der Waals surface area contributed by atoms with E-state index in [0.717, 1.165) is 0 Å². The second kappa shape index (κ2) is 9.79. The fraction of sp³-hybridized carbons (Fsp3) is 0.286. The lowest BCUT2D eigenvalue weighted by molar-refractivity contribution is -0.125. The summed E-state index contributed by atoms with van der Waals surface area (Å²) in [5.41, 5.74) is 5.71. The summed E-state index contributed by atoms with van der Waals surface area (Å²) in [7, 11) is 0. The number of benzene rings is 2. The summed E-state index contributed by atoms with van der Waals surface area (Å²) in [6.07, 6.45) is 0.149. The van der Waals surface area contributed by atoms with Gasteiger partial charge in [0.1, 0.15) is 23.4 Å². The van der Waals surface area contributed by atoms with E-state index in [1.54, 1.807) is 43.3 Å². The minimum absolute atomic E-state index is 0.0173. The van der Waals surface area contributed by atoms with E-state index in [1.807, 2.05) is 13.8 Å². The molecule has 31 heavy (non-hydrogen) atoms. The van der Waals surface area contributed by atoms with Crippen LogP contribution in [0, 0.1) is 12.7 Å². The van der Waals surface area contributed by atoms with Crippen LogP contribution in [-0.2, 0) is 11.2 Å². The van der Waals surface area contributed by atoms with Crippen LogP contribution in [0.3, 0.4) is 0 Å². The molecule has 0 aliphatic heterocycles. The Balaban J connectivity index is 1.68. The average Bonchev–Trinajstić information content (AvgIpc) is 3.15. The summed E-state index contributed by atoms with van der Waals surface area (Å²) in [5.74, 6) is -0.415. The summed E-state index contributed by atoms with van der Waals surface area (Å²) in [6, 6.07) is 11.5. The van der Waals surface area contributed by atoms with E-state index < -0.39 is 23.7 Å². The Morgan fingerprint density at radius 1 is 1.13 bits per heavy atom. The Kier molecular flexibility index (Phi) is 6.91. The van der Waals surface area contributed by atoms with Gasteiger partial charge in [-0.3, -0.25) is 20.4 Å². The SMILES string of the molecule is Cc1nnnn1[C@H](Cc1cccc(F)c1)C(=O)NNC(=O)c1ccc(OC(C)C)cc1. The molecule has 0 fully saturated rings. The van der Waals surface area contributed by atoms with E-state index in [4.69, 9.17) is 4.74 Å². The molecular weight excluding hydrogens is 403 g/mol. The number of nitrogens with zero attached hydrogens (tertiary/aromatic N) is 4. The molecule has 2 aromatic carbocycles. The third-order valence-corrected chi connectivity index (χ3v) is 4.36. The second-order valence-corrected chi connectivity index (χ2v) is 7.15. The van der Waals surface area contributed by atoms with Crippen molar-refractivity contribution in [3.63, 3.8) is 0 Å². The van der Waals surface area contributed by atoms with Crippen molar-refractivity contribution in [1.82, 2.24) is 31.1 Å². The van der Waals surface area contributed by atoms with Crippen LogP contribution in [0.25, 0.3) is 0 Å². The molecular formula is C21H23FN6O3. The van der Waals surface area contributed by atoms with Crippen LogP contribution in [-0.4, -0.2) is 38.1 Å². The minimum Gasteiger partial charge on any atom is -0.491 e. The van der Waals surface area contributed by atoms with Crippen molar-refractivity contribution in [3.8, 4) is 5.75 Å². The van der Waals surface area contributed by atoms with E-state index in [9.17, 15) is 14.0 Å². The number of ether oxygens (including phenoxy) is 1. The number of carbonyl (C=O) groups is 2. The van der Waals surface area contributed by atoms with Crippen molar-refractivity contribution in [2.45, 2.75) is 39.3 Å². The minimum atomic E-state index is -0.890. The predicted molar refractivity (Wildman–Crippen MR) is 110 cm³/mol. The van der Waals surface area contributed by atoms with Gasteiger partial charge in [0.2, 0.25) is 0 Å². The highest BCUT2D eigenvalue weighted by Gasteiger charge is 2.25. The fourth-order valence-electron chi connectivity index (χ4n) is 2.93. The van der Waals surface area contributed by atoms with Crippen molar-refractivity contribution < 1.29 is 18.7 Å². The van der Waals surface area contributed by atoms with Gasteiger partial charge in [-0.2, -0.15) is 0 Å². The molecule has 0 radical (unpaired) electrons. The third kappa shape index (κ3) is 5.84. The van der Waals surface area contributed by atoms with E-state index in [0.29, 0.717) is 22.7 Å². The zero-order valence-electron chi connectivity index (χ0n) is 17.4. The molecule has 0 aliphatic rings. The molecule has 3 aromatic rings. The number of hydrazine groups is 1. The highest BCUT2D eigenvalue weighted by atomic mass is 19.1. The molecule has 9 nitrogen and oxygen atoms in total. The second-order valence-electron chi connectivity index (χ2n) is 7.15. The zero-order valence-corrected chi connectivity index (χ0v) is 17.4. The molecule has 0 unspecified atom stereocenters. The summed E-state index contributed by atoms with van der Waals surface area (Å²) < 4.78 is 20.4. The number of carbonyl (C=O) groups excluding carboxylic acids is 2. The first kappa shape index (κ1) is 21.9. The summed E-state index contributed by atoms with van der Waals surface area (Å²) in [5, 5.41) is 11.2. The first-order valence-corrected chi connectivity index (χ1v) is 9.69. The van der Waals surface area contributed by atoms with Crippen LogP contribution in [0.1, 0.15) is 41.6 Å². The topological polar surface area (TPSA) is 111 Å². The maximum absolute atomic E-state index is 13.6. The number of rotatable bonds is 7. The van der Waals surface area contributed by atoms with Gasteiger partial charge in [-0.15, -0.1) is 5.10 Å². The van der Waals surface area contributed by atoms with Crippen LogP contribution in [0.4, 0.5) is 4.39 Å². The number of amides is 2. The van der Waals surface area contributed by atoms with Crippen molar-refractivity contribution in [2.75, 3.05) is 0 Å². The van der Waals surface area contributed by atoms with Gasteiger partial charge in [-0.1, -0.05) is 12.1 Å². The van der Waals surface area contributed by atoms with Gasteiger partial charge in [-0.25, -0.2) is 9.07 Å². The van der Waals surface area contributed by atoms with E-state index >= 15 is 0 Å². The van der Waals surface area contributed by atoms with Crippen molar-refractivity contribution >= 4 is 11.8 Å². The van der Waals surface area contributed by atoms with E-state index in [2.05, 4.69) is 26.4 Å². The number of aromatic nitrogens is 4. The normalized spacial score (nSPS) is 11.8. The Hall–Kier alpha value is -3.82. The predicted octanol–water partition coefficient (Wildman–Crippen LogP) is 2.15. The molecule has 0 bridgehead atoms. The van der Waals surface area contributed by atoms with Gasteiger partial charge in [0.25, 0.3) is 11.8 Å². The summed E-state index contributed by atoms with van der Waals surface area (Å²) >= 11 is 0. The van der Waals surface area contributed by atoms with Crippen LogP contribution >= 0.6 is 0 Å². The molecule has 2 N–H and O–H groups in total. The number of hydrogen-bond donors (Lipinski definition) is 2. The molecule has 1 atom stereocenters. The van der Waals surface area contributed by atoms with Crippen molar-refractivity contribution in [2.24, 2.45) is 0 Å². The van der Waals surface area contributed by atoms with Crippen LogP contribution in [0.5, 0.6) is 5.75 Å². The molecule has 1 heterocycles. The lowest BCUT2D eigenvalue weighted by Gasteiger charge is -2.18. The first-order chi connectivity index (χ1) is 14.8. The van der Waals surface area contributed by atoms with E-state index in [1.165, 1.54) is 16.8 Å². The lowest BCUT2D eigenvalue weighted by Crippen LogP contribution is -2.46. The molecule has 1 aromatic heterocycles. The molecule has 0 aliphatic carbocycles. The maximum Gasteiger partial charge on any atom is 0.269 e. The number of aryl methyl sites for hydroxylation is 1. The zero-order chi connectivity index (χ0) is 22.4. The van der Waals surface area contributed by atoms with Gasteiger partial charge >= 0.3 is 0 Å². The van der Waals surface area contributed by atoms with Crippen LogP contribution < -0.4 is 15.6 Å². The Labute approximate surface area is 178 Å². The molecule has 0 spiro atoms.